The zero-order chi connectivity index (χ0) is 24.9. The van der Waals surface area contributed by atoms with Gasteiger partial charge in [-0.1, -0.05) is 23.9 Å². The van der Waals surface area contributed by atoms with Gasteiger partial charge < -0.3 is 9.52 Å². The third-order valence-electron chi connectivity index (χ3n) is 5.81. The fourth-order valence-electron chi connectivity index (χ4n) is 4.29. The van der Waals surface area contributed by atoms with E-state index < -0.39 is 17.0 Å². The number of nitrogens with zero attached hydrogens (tertiary/aromatic N) is 5. The van der Waals surface area contributed by atoms with Crippen LogP contribution < -0.4 is 14.7 Å². The minimum Gasteiger partial charge on any atom is -0.854 e. The molecule has 0 N–H and O–H groups in total. The third-order valence-corrected chi connectivity index (χ3v) is 6.34. The van der Waals surface area contributed by atoms with Crippen LogP contribution in [0.4, 0.5) is 11.4 Å². The van der Waals surface area contributed by atoms with Crippen molar-refractivity contribution >= 4 is 29.0 Å². The number of thioether (sulfide) groups is 1. The van der Waals surface area contributed by atoms with Crippen LogP contribution in [0.25, 0.3) is 22.6 Å². The number of carbonyl (C=O) groups excluding carboxylic acids is 1. The number of rotatable bonds is 4. The van der Waals surface area contributed by atoms with Crippen LogP contribution >= 0.6 is 11.8 Å². The zero-order valence-corrected chi connectivity index (χ0v) is 19.8. The molecule has 2 aromatic heterocycles. The largest absolute Gasteiger partial charge is 0.854 e. The summed E-state index contributed by atoms with van der Waals surface area (Å²) in [7, 11) is 0. The van der Waals surface area contributed by atoms with Crippen molar-refractivity contribution in [1.82, 2.24) is 10.1 Å². The molecule has 1 amide bonds. The molecule has 0 saturated heterocycles. The molecular formula is C24H19N5O5S. The highest BCUT2D eigenvalue weighted by Gasteiger charge is 2.45. The van der Waals surface area contributed by atoms with E-state index in [2.05, 4.69) is 10.1 Å². The Kier molecular flexibility index (Phi) is 5.48. The van der Waals surface area contributed by atoms with Crippen molar-refractivity contribution in [3.05, 3.63) is 76.0 Å². The number of hydrogen-bond donors (Lipinski definition) is 0. The molecule has 1 unspecified atom stereocenters. The molecule has 176 valence electrons. The molecule has 5 rings (SSSR count). The van der Waals surface area contributed by atoms with Gasteiger partial charge in [-0.05, 0) is 53.8 Å². The lowest BCUT2D eigenvalue weighted by molar-refractivity contribution is -0.765. The molecule has 0 spiro atoms. The highest BCUT2D eigenvalue weighted by molar-refractivity contribution is 7.98. The molecule has 0 saturated carbocycles. The van der Waals surface area contributed by atoms with Crippen molar-refractivity contribution in [3.8, 4) is 28.5 Å². The van der Waals surface area contributed by atoms with E-state index >= 15 is 0 Å². The van der Waals surface area contributed by atoms with E-state index in [1.807, 2.05) is 0 Å². The summed E-state index contributed by atoms with van der Waals surface area (Å²) in [6.07, 6.45) is 0.893. The van der Waals surface area contributed by atoms with Crippen molar-refractivity contribution in [1.29, 1.82) is 0 Å². The molecule has 3 heterocycles. The van der Waals surface area contributed by atoms with E-state index in [4.69, 9.17) is 4.42 Å². The number of para-hydroxylation sites is 1. The molecule has 1 aliphatic rings. The summed E-state index contributed by atoms with van der Waals surface area (Å²) in [6.45, 7) is 3.20. The number of aryl methyl sites for hydroxylation is 1. The maximum Gasteiger partial charge on any atom is 0.325 e. The molecular weight excluding hydrogens is 470 g/mol. The first kappa shape index (κ1) is 22.5. The summed E-state index contributed by atoms with van der Waals surface area (Å²) in [4.78, 5) is 29.2. The van der Waals surface area contributed by atoms with Crippen LogP contribution in [0.3, 0.4) is 0 Å². The van der Waals surface area contributed by atoms with Crippen LogP contribution in [0.5, 0.6) is 5.88 Å². The third kappa shape index (κ3) is 3.69. The number of aromatic nitrogens is 3. The van der Waals surface area contributed by atoms with Gasteiger partial charge in [0.1, 0.15) is 5.76 Å². The van der Waals surface area contributed by atoms with Gasteiger partial charge in [0.25, 0.3) is 16.5 Å². The van der Waals surface area contributed by atoms with Crippen LogP contribution in [0.15, 0.2) is 64.2 Å². The highest BCUT2D eigenvalue weighted by atomic mass is 32.2. The van der Waals surface area contributed by atoms with Crippen LogP contribution in [0.1, 0.15) is 24.4 Å². The van der Waals surface area contributed by atoms with E-state index in [-0.39, 0.29) is 22.4 Å². The number of anilines is 1. The molecule has 10 nitrogen and oxygen atoms in total. The van der Waals surface area contributed by atoms with Gasteiger partial charge in [-0.2, -0.15) is 0 Å². The highest BCUT2D eigenvalue weighted by Crippen LogP contribution is 2.41. The molecule has 0 aliphatic carbocycles. The number of carbonyl (C=O) groups is 1. The summed E-state index contributed by atoms with van der Waals surface area (Å²) in [5.74, 6) is 0.127. The summed E-state index contributed by atoms with van der Waals surface area (Å²) in [6, 6.07) is 15.0. The lowest BCUT2D eigenvalue weighted by Crippen LogP contribution is -2.58. The first-order valence-corrected chi connectivity index (χ1v) is 11.8. The Morgan fingerprint density at radius 2 is 1.94 bits per heavy atom. The van der Waals surface area contributed by atoms with E-state index in [1.165, 1.54) is 40.4 Å². The van der Waals surface area contributed by atoms with Gasteiger partial charge in [0.15, 0.2) is 5.76 Å². The maximum atomic E-state index is 13.0. The van der Waals surface area contributed by atoms with Crippen molar-refractivity contribution < 1.29 is 23.9 Å². The molecule has 1 aliphatic heterocycles. The van der Waals surface area contributed by atoms with Crippen molar-refractivity contribution in [2.45, 2.75) is 25.2 Å². The maximum absolute atomic E-state index is 13.0. The molecule has 35 heavy (non-hydrogen) atoms. The summed E-state index contributed by atoms with van der Waals surface area (Å²) in [5.41, 5.74) is 2.68. The van der Waals surface area contributed by atoms with Crippen molar-refractivity contribution in [3.63, 3.8) is 0 Å². The lowest BCUT2D eigenvalue weighted by Gasteiger charge is -2.31. The van der Waals surface area contributed by atoms with Crippen molar-refractivity contribution in [2.75, 3.05) is 11.2 Å². The SMILES string of the molecule is CSc1nc([O-])c2[n+](n1)C(c1ccc(-c3ccc([N+](=O)[O-])cc3C)o1)N(C(C)=O)c1ccccc1-2. The fourth-order valence-corrected chi connectivity index (χ4v) is 4.64. The molecule has 4 aromatic rings. The zero-order valence-electron chi connectivity index (χ0n) is 19.0. The summed E-state index contributed by atoms with van der Waals surface area (Å²) in [5, 5.41) is 29.0. The smallest absolute Gasteiger partial charge is 0.325 e. The van der Waals surface area contributed by atoms with Gasteiger partial charge in [0.2, 0.25) is 5.91 Å². The average molecular weight is 490 g/mol. The Labute approximate surface area is 204 Å². The fraction of sp³-hybridized carbons (Fsp3) is 0.167. The number of furan rings is 1. The molecule has 1 atom stereocenters. The van der Waals surface area contributed by atoms with Crippen molar-refractivity contribution in [2.24, 2.45) is 0 Å². The normalized spacial score (nSPS) is 14.4. The lowest BCUT2D eigenvalue weighted by atomic mass is 10.0. The molecule has 0 bridgehead atoms. The second-order valence-corrected chi connectivity index (χ2v) is 8.71. The minimum absolute atomic E-state index is 0.0153. The first-order chi connectivity index (χ1) is 16.8. The van der Waals surface area contributed by atoms with E-state index in [0.29, 0.717) is 33.9 Å². The second kappa shape index (κ2) is 8.51. The number of nitro groups is 1. The van der Waals surface area contributed by atoms with Gasteiger partial charge in [-0.3, -0.25) is 14.9 Å². The van der Waals surface area contributed by atoms with Gasteiger partial charge >= 0.3 is 6.17 Å². The number of amides is 1. The average Bonchev–Trinajstić information content (AvgIpc) is 3.31. The summed E-state index contributed by atoms with van der Waals surface area (Å²) < 4.78 is 7.68. The summed E-state index contributed by atoms with van der Waals surface area (Å²) >= 11 is 1.22. The number of fused-ring (bicyclic) bond motifs is 3. The predicted molar refractivity (Wildman–Crippen MR) is 126 cm³/mol. The van der Waals surface area contributed by atoms with Gasteiger partial charge in [-0.15, -0.1) is 0 Å². The Hall–Kier alpha value is -4.25. The van der Waals surface area contributed by atoms with Gasteiger partial charge in [-0.25, -0.2) is 9.88 Å². The number of nitro benzene ring substituents is 1. The van der Waals surface area contributed by atoms with Crippen LogP contribution in [0.2, 0.25) is 0 Å². The monoisotopic (exact) mass is 489 g/mol. The molecule has 0 fully saturated rings. The van der Waals surface area contributed by atoms with E-state index in [1.54, 1.807) is 55.6 Å². The Balaban J connectivity index is 1.70. The predicted octanol–water partition coefficient (Wildman–Crippen LogP) is 3.62. The Morgan fingerprint density at radius 3 is 2.63 bits per heavy atom. The van der Waals surface area contributed by atoms with E-state index in [9.17, 15) is 20.0 Å². The Morgan fingerprint density at radius 1 is 1.17 bits per heavy atom. The van der Waals surface area contributed by atoms with Crippen LogP contribution in [0, 0.1) is 17.0 Å². The van der Waals surface area contributed by atoms with Crippen LogP contribution in [-0.2, 0) is 4.79 Å². The van der Waals surface area contributed by atoms with Gasteiger partial charge in [0.05, 0.1) is 22.1 Å². The van der Waals surface area contributed by atoms with Crippen LogP contribution in [-0.4, -0.2) is 27.2 Å². The molecule has 0 radical (unpaired) electrons. The Bertz CT molecular complexity index is 1500. The molecule has 2 aromatic carbocycles. The minimum atomic E-state index is -0.869. The number of benzene rings is 2. The number of non-ortho nitro benzene ring substituents is 1. The number of hydrogen-bond acceptors (Lipinski definition) is 8. The first-order valence-electron chi connectivity index (χ1n) is 10.6. The van der Waals surface area contributed by atoms with E-state index in [0.717, 1.165) is 0 Å². The van der Waals surface area contributed by atoms with Gasteiger partial charge in [0, 0.05) is 29.7 Å². The molecule has 11 heteroatoms. The topological polar surface area (TPSA) is 129 Å². The second-order valence-electron chi connectivity index (χ2n) is 7.94. The quantitative estimate of drug-likeness (QED) is 0.184. The standard InChI is InChI=1S/C24H19N5O5S/c1-13-12-15(29(32)33)8-9-16(13)19-10-11-20(34-19)23-27(14(2)30)18-7-5-4-6-17(18)21-22(31)25-24(35-3)26-28(21)23/h4-12,23H,1-3H3.